The summed E-state index contributed by atoms with van der Waals surface area (Å²) in [6, 6.07) is 6.33. The smallest absolute Gasteiger partial charge is 0.222 e. The molecule has 0 aliphatic carbocycles. The van der Waals surface area contributed by atoms with Crippen LogP contribution in [0.3, 0.4) is 0 Å². The first-order valence-electron chi connectivity index (χ1n) is 9.87. The van der Waals surface area contributed by atoms with E-state index in [0.29, 0.717) is 18.2 Å². The van der Waals surface area contributed by atoms with E-state index in [-0.39, 0.29) is 5.60 Å². The molecule has 2 saturated heterocycles. The van der Waals surface area contributed by atoms with E-state index >= 15 is 0 Å². The Bertz CT molecular complexity index is 645. The topological polar surface area (TPSA) is 48.0 Å². The van der Waals surface area contributed by atoms with Crippen LogP contribution in [0.15, 0.2) is 18.2 Å². The van der Waals surface area contributed by atoms with Gasteiger partial charge in [0.15, 0.2) is 0 Å². The number of piperidine rings is 1. The quantitative estimate of drug-likeness (QED) is 0.833. The Morgan fingerprint density at radius 3 is 2.73 bits per heavy atom. The van der Waals surface area contributed by atoms with Crippen molar-refractivity contribution in [2.45, 2.75) is 44.1 Å². The lowest BCUT2D eigenvalue weighted by atomic mass is 9.79. The molecule has 0 unspecified atom stereocenters. The van der Waals surface area contributed by atoms with Gasteiger partial charge in [0, 0.05) is 32.7 Å². The second-order valence-electron chi connectivity index (χ2n) is 7.76. The standard InChI is InChI=1S/C21H29NO4/c1-24-18-2-3-19-17(15-18)6-13-26-21(19)7-9-22(10-8-21)20(23)14-16-4-11-25-12-5-16/h2-3,15-16H,4-14H2,1H3. The van der Waals surface area contributed by atoms with Gasteiger partial charge in [0.25, 0.3) is 0 Å². The molecule has 3 aliphatic rings. The number of amides is 1. The van der Waals surface area contributed by atoms with E-state index in [1.807, 2.05) is 11.0 Å². The minimum absolute atomic E-state index is 0.227. The highest BCUT2D eigenvalue weighted by Gasteiger charge is 2.41. The number of rotatable bonds is 3. The summed E-state index contributed by atoms with van der Waals surface area (Å²) in [5.41, 5.74) is 2.40. The molecule has 1 aromatic carbocycles. The molecule has 4 rings (SSSR count). The molecule has 0 N–H and O–H groups in total. The van der Waals surface area contributed by atoms with E-state index in [2.05, 4.69) is 12.1 Å². The zero-order chi connectivity index (χ0) is 18.0. The van der Waals surface area contributed by atoms with Gasteiger partial charge in [-0.3, -0.25) is 4.79 Å². The molecule has 0 atom stereocenters. The molecule has 1 amide bonds. The summed E-state index contributed by atoms with van der Waals surface area (Å²) < 4.78 is 17.1. The van der Waals surface area contributed by atoms with Crippen molar-refractivity contribution in [3.8, 4) is 5.75 Å². The molecular weight excluding hydrogens is 330 g/mol. The van der Waals surface area contributed by atoms with Crippen molar-refractivity contribution in [1.29, 1.82) is 0 Å². The lowest BCUT2D eigenvalue weighted by Crippen LogP contribution is -2.48. The molecule has 0 saturated carbocycles. The molecule has 5 nitrogen and oxygen atoms in total. The lowest BCUT2D eigenvalue weighted by molar-refractivity contribution is -0.142. The Morgan fingerprint density at radius 1 is 1.23 bits per heavy atom. The summed E-state index contributed by atoms with van der Waals surface area (Å²) in [6.45, 7) is 3.92. The average Bonchev–Trinajstić information content (AvgIpc) is 2.69. The highest BCUT2D eigenvalue weighted by Crippen LogP contribution is 2.42. The molecule has 5 heteroatoms. The van der Waals surface area contributed by atoms with Crippen LogP contribution in [0.5, 0.6) is 5.75 Å². The van der Waals surface area contributed by atoms with Crippen molar-refractivity contribution in [3.05, 3.63) is 29.3 Å². The summed E-state index contributed by atoms with van der Waals surface area (Å²) >= 11 is 0. The van der Waals surface area contributed by atoms with Gasteiger partial charge in [0.1, 0.15) is 5.75 Å². The predicted octanol–water partition coefficient (Wildman–Crippen LogP) is 2.90. The third kappa shape index (κ3) is 3.47. The first-order chi connectivity index (χ1) is 12.7. The van der Waals surface area contributed by atoms with Gasteiger partial charge < -0.3 is 19.1 Å². The highest BCUT2D eigenvalue weighted by atomic mass is 16.5. The van der Waals surface area contributed by atoms with Gasteiger partial charge in [0.2, 0.25) is 5.91 Å². The first-order valence-corrected chi connectivity index (χ1v) is 9.87. The molecule has 0 aromatic heterocycles. The van der Waals surface area contributed by atoms with Gasteiger partial charge >= 0.3 is 0 Å². The van der Waals surface area contributed by atoms with Crippen LogP contribution in [0.2, 0.25) is 0 Å². The van der Waals surface area contributed by atoms with E-state index in [1.54, 1.807) is 7.11 Å². The molecule has 3 heterocycles. The Labute approximate surface area is 155 Å². The maximum Gasteiger partial charge on any atom is 0.222 e. The number of carbonyl (C=O) groups excluding carboxylic acids is 1. The second kappa shape index (κ2) is 7.57. The van der Waals surface area contributed by atoms with Gasteiger partial charge in [-0.2, -0.15) is 0 Å². The van der Waals surface area contributed by atoms with Crippen LogP contribution in [0, 0.1) is 5.92 Å². The van der Waals surface area contributed by atoms with Crippen molar-refractivity contribution < 1.29 is 19.0 Å². The van der Waals surface area contributed by atoms with Gasteiger partial charge in [-0.15, -0.1) is 0 Å². The first kappa shape index (κ1) is 17.8. The number of benzene rings is 1. The van der Waals surface area contributed by atoms with Crippen molar-refractivity contribution in [3.63, 3.8) is 0 Å². The minimum atomic E-state index is -0.227. The average molecular weight is 359 g/mol. The zero-order valence-corrected chi connectivity index (χ0v) is 15.7. The summed E-state index contributed by atoms with van der Waals surface area (Å²) in [5, 5.41) is 0. The maximum atomic E-state index is 12.7. The monoisotopic (exact) mass is 359 g/mol. The Hall–Kier alpha value is -1.59. The second-order valence-corrected chi connectivity index (χ2v) is 7.76. The number of ether oxygens (including phenoxy) is 3. The van der Waals surface area contributed by atoms with Crippen molar-refractivity contribution in [2.24, 2.45) is 5.92 Å². The maximum absolute atomic E-state index is 12.7. The summed E-state index contributed by atoms with van der Waals surface area (Å²) in [5.74, 6) is 1.70. The SMILES string of the molecule is COc1ccc2c(c1)CCOC21CCN(C(=O)CC2CCOCC2)CC1. The fraction of sp³-hybridized carbons (Fsp3) is 0.667. The van der Waals surface area contributed by atoms with Crippen LogP contribution in [0.25, 0.3) is 0 Å². The van der Waals surface area contributed by atoms with Gasteiger partial charge in [-0.05, 0) is 61.3 Å². The lowest BCUT2D eigenvalue weighted by Gasteiger charge is -2.45. The number of hydrogen-bond acceptors (Lipinski definition) is 4. The third-order valence-electron chi connectivity index (χ3n) is 6.28. The van der Waals surface area contributed by atoms with E-state index in [9.17, 15) is 4.79 Å². The Kier molecular flexibility index (Phi) is 5.18. The number of hydrogen-bond donors (Lipinski definition) is 0. The van der Waals surface area contributed by atoms with Crippen LogP contribution in [0.1, 0.15) is 43.2 Å². The fourth-order valence-corrected chi connectivity index (χ4v) is 4.64. The molecular formula is C21H29NO4. The fourth-order valence-electron chi connectivity index (χ4n) is 4.64. The van der Waals surface area contributed by atoms with Crippen LogP contribution >= 0.6 is 0 Å². The molecule has 142 valence electrons. The summed E-state index contributed by atoms with van der Waals surface area (Å²) in [6.07, 6.45) is 5.40. The largest absolute Gasteiger partial charge is 0.497 e. The predicted molar refractivity (Wildman–Crippen MR) is 98.3 cm³/mol. The van der Waals surface area contributed by atoms with Gasteiger partial charge in [0.05, 0.1) is 19.3 Å². The molecule has 26 heavy (non-hydrogen) atoms. The van der Waals surface area contributed by atoms with Gasteiger partial charge in [-0.1, -0.05) is 6.07 Å². The van der Waals surface area contributed by atoms with E-state index < -0.39 is 0 Å². The molecule has 2 fully saturated rings. The van der Waals surface area contributed by atoms with Crippen molar-refractivity contribution >= 4 is 5.91 Å². The molecule has 0 radical (unpaired) electrons. The van der Waals surface area contributed by atoms with E-state index in [0.717, 1.165) is 70.8 Å². The Morgan fingerprint density at radius 2 is 2.00 bits per heavy atom. The number of likely N-dealkylation sites (tertiary alicyclic amines) is 1. The van der Waals surface area contributed by atoms with Gasteiger partial charge in [-0.25, -0.2) is 0 Å². The van der Waals surface area contributed by atoms with Crippen LogP contribution in [-0.2, 0) is 26.3 Å². The van der Waals surface area contributed by atoms with Crippen molar-refractivity contribution in [1.82, 2.24) is 4.90 Å². The minimum Gasteiger partial charge on any atom is -0.497 e. The van der Waals surface area contributed by atoms with Crippen molar-refractivity contribution in [2.75, 3.05) is 40.0 Å². The molecule has 3 aliphatic heterocycles. The van der Waals surface area contributed by atoms with Crippen LogP contribution < -0.4 is 4.74 Å². The molecule has 0 bridgehead atoms. The third-order valence-corrected chi connectivity index (χ3v) is 6.28. The number of methoxy groups -OCH3 is 1. The molecule has 1 spiro atoms. The highest BCUT2D eigenvalue weighted by molar-refractivity contribution is 5.76. The van der Waals surface area contributed by atoms with Crippen LogP contribution in [0.4, 0.5) is 0 Å². The zero-order valence-electron chi connectivity index (χ0n) is 15.7. The van der Waals surface area contributed by atoms with E-state index in [1.165, 1.54) is 11.1 Å². The number of carbonyl (C=O) groups is 1. The molecule has 1 aromatic rings. The Balaban J connectivity index is 1.41. The normalized spacial score (nSPS) is 22.9. The number of nitrogens with zero attached hydrogens (tertiary/aromatic N) is 1. The summed E-state index contributed by atoms with van der Waals surface area (Å²) in [7, 11) is 1.71. The van der Waals surface area contributed by atoms with Crippen LogP contribution in [-0.4, -0.2) is 50.8 Å². The summed E-state index contributed by atoms with van der Waals surface area (Å²) in [4.78, 5) is 14.7. The van der Waals surface area contributed by atoms with E-state index in [4.69, 9.17) is 14.2 Å². The number of fused-ring (bicyclic) bond motifs is 2.